The van der Waals surface area contributed by atoms with Crippen molar-refractivity contribution in [1.82, 2.24) is 15.0 Å². The van der Waals surface area contributed by atoms with Gasteiger partial charge < -0.3 is 10.2 Å². The lowest BCUT2D eigenvalue weighted by molar-refractivity contribution is 1.10. The molecule has 3 heterocycles. The molecule has 0 spiro atoms. The average molecular weight is 355 g/mol. The summed E-state index contributed by atoms with van der Waals surface area (Å²) in [4.78, 5) is 15.6. The molecule has 1 aromatic carbocycles. The maximum Gasteiger partial charge on any atom is 0.136 e. The number of rotatable bonds is 5. The van der Waals surface area contributed by atoms with Crippen LogP contribution in [0.5, 0.6) is 0 Å². The van der Waals surface area contributed by atoms with E-state index in [1.807, 2.05) is 50.6 Å². The zero-order valence-corrected chi connectivity index (χ0v) is 15.4. The van der Waals surface area contributed by atoms with E-state index in [1.54, 1.807) is 12.4 Å². The van der Waals surface area contributed by atoms with Crippen LogP contribution in [0.25, 0.3) is 22.2 Å². The van der Waals surface area contributed by atoms with E-state index < -0.39 is 0 Å². The van der Waals surface area contributed by atoms with E-state index in [1.165, 1.54) is 0 Å². The molecule has 5 nitrogen and oxygen atoms in total. The van der Waals surface area contributed by atoms with Gasteiger partial charge in [-0.05, 0) is 48.0 Å². The number of fused-ring (bicyclic) bond motifs is 1. The summed E-state index contributed by atoms with van der Waals surface area (Å²) in [6, 6.07) is 18.4. The van der Waals surface area contributed by atoms with Gasteiger partial charge in [-0.25, -0.2) is 4.98 Å². The number of nitrogens with zero attached hydrogens (tertiary/aromatic N) is 4. The Morgan fingerprint density at radius 2 is 1.70 bits per heavy atom. The highest BCUT2D eigenvalue weighted by Crippen LogP contribution is 2.28. The summed E-state index contributed by atoms with van der Waals surface area (Å²) in [5.74, 6) is 0.837. The number of aromatic nitrogens is 3. The molecule has 0 aliphatic rings. The third kappa shape index (κ3) is 3.72. The van der Waals surface area contributed by atoms with Gasteiger partial charge in [-0.1, -0.05) is 12.1 Å². The fraction of sp³-hybridized carbons (Fsp3) is 0.136. The van der Waals surface area contributed by atoms with Gasteiger partial charge in [0.15, 0.2) is 0 Å². The molecule has 0 saturated carbocycles. The van der Waals surface area contributed by atoms with Crippen molar-refractivity contribution in [3.05, 3.63) is 78.8 Å². The Morgan fingerprint density at radius 1 is 0.926 bits per heavy atom. The predicted molar refractivity (Wildman–Crippen MR) is 111 cm³/mol. The topological polar surface area (TPSA) is 53.9 Å². The first-order valence-corrected chi connectivity index (χ1v) is 8.87. The summed E-state index contributed by atoms with van der Waals surface area (Å²) < 4.78 is 0. The van der Waals surface area contributed by atoms with Crippen molar-refractivity contribution in [2.75, 3.05) is 24.3 Å². The second-order valence-corrected chi connectivity index (χ2v) is 6.58. The van der Waals surface area contributed by atoms with E-state index >= 15 is 0 Å². The SMILES string of the molecule is CN(C)c1ccc(-c2cc3ncccc3c(NCc3ccncc3)n2)cc1. The van der Waals surface area contributed by atoms with Gasteiger partial charge in [-0.15, -0.1) is 0 Å². The van der Waals surface area contributed by atoms with Gasteiger partial charge in [0.25, 0.3) is 0 Å². The molecule has 27 heavy (non-hydrogen) atoms. The van der Waals surface area contributed by atoms with Crippen molar-refractivity contribution in [3.8, 4) is 11.3 Å². The van der Waals surface area contributed by atoms with E-state index in [-0.39, 0.29) is 0 Å². The van der Waals surface area contributed by atoms with E-state index in [0.717, 1.165) is 39.2 Å². The van der Waals surface area contributed by atoms with Crippen molar-refractivity contribution in [1.29, 1.82) is 0 Å². The summed E-state index contributed by atoms with van der Waals surface area (Å²) in [6.45, 7) is 0.683. The molecule has 4 aromatic rings. The Bertz CT molecular complexity index is 1040. The smallest absolute Gasteiger partial charge is 0.136 e. The maximum atomic E-state index is 4.88. The highest BCUT2D eigenvalue weighted by atomic mass is 15.1. The van der Waals surface area contributed by atoms with Crippen molar-refractivity contribution < 1.29 is 0 Å². The van der Waals surface area contributed by atoms with E-state index in [2.05, 4.69) is 44.5 Å². The Hall–Kier alpha value is -3.47. The predicted octanol–water partition coefficient (Wildman–Crippen LogP) is 4.37. The van der Waals surface area contributed by atoms with Crippen LogP contribution >= 0.6 is 0 Å². The maximum absolute atomic E-state index is 4.88. The lowest BCUT2D eigenvalue weighted by Crippen LogP contribution is -2.08. The first-order valence-electron chi connectivity index (χ1n) is 8.87. The Morgan fingerprint density at radius 3 is 2.44 bits per heavy atom. The van der Waals surface area contributed by atoms with E-state index in [0.29, 0.717) is 6.54 Å². The normalized spacial score (nSPS) is 10.7. The van der Waals surface area contributed by atoms with Crippen LogP contribution in [0.2, 0.25) is 0 Å². The fourth-order valence-electron chi connectivity index (χ4n) is 2.97. The highest BCUT2D eigenvalue weighted by Gasteiger charge is 2.09. The largest absolute Gasteiger partial charge is 0.378 e. The molecule has 134 valence electrons. The minimum absolute atomic E-state index is 0.683. The van der Waals surface area contributed by atoms with Crippen molar-refractivity contribution >= 4 is 22.4 Å². The minimum atomic E-state index is 0.683. The van der Waals surface area contributed by atoms with Crippen LogP contribution in [0.1, 0.15) is 5.56 Å². The average Bonchev–Trinajstić information content (AvgIpc) is 2.72. The molecule has 0 unspecified atom stereocenters. The first-order chi connectivity index (χ1) is 13.2. The second kappa shape index (κ2) is 7.41. The van der Waals surface area contributed by atoms with Crippen LogP contribution in [-0.4, -0.2) is 29.0 Å². The van der Waals surface area contributed by atoms with Gasteiger partial charge in [0.1, 0.15) is 5.82 Å². The summed E-state index contributed by atoms with van der Waals surface area (Å²) in [7, 11) is 4.07. The lowest BCUT2D eigenvalue weighted by Gasteiger charge is -2.14. The van der Waals surface area contributed by atoms with Gasteiger partial charge in [0, 0.05) is 55.9 Å². The van der Waals surface area contributed by atoms with Crippen molar-refractivity contribution in [3.63, 3.8) is 0 Å². The van der Waals surface area contributed by atoms with Gasteiger partial charge in [-0.2, -0.15) is 0 Å². The number of hydrogen-bond donors (Lipinski definition) is 1. The molecule has 0 bridgehead atoms. The van der Waals surface area contributed by atoms with Gasteiger partial charge in [0.05, 0.1) is 11.2 Å². The highest BCUT2D eigenvalue weighted by molar-refractivity contribution is 5.92. The molecular formula is C22H21N5. The Labute approximate surface area is 158 Å². The van der Waals surface area contributed by atoms with Crippen molar-refractivity contribution in [2.45, 2.75) is 6.54 Å². The second-order valence-electron chi connectivity index (χ2n) is 6.58. The zero-order valence-electron chi connectivity index (χ0n) is 15.4. The first kappa shape index (κ1) is 17.0. The van der Waals surface area contributed by atoms with Crippen LogP contribution < -0.4 is 10.2 Å². The molecule has 0 amide bonds. The third-order valence-corrected chi connectivity index (χ3v) is 4.49. The molecule has 0 atom stereocenters. The monoisotopic (exact) mass is 355 g/mol. The summed E-state index contributed by atoms with van der Waals surface area (Å²) in [5.41, 5.74) is 5.22. The van der Waals surface area contributed by atoms with E-state index in [4.69, 9.17) is 4.98 Å². The standard InChI is InChI=1S/C22H21N5/c1-27(2)18-7-5-17(6-8-18)20-14-21-19(4-3-11-24-21)22(26-20)25-15-16-9-12-23-13-10-16/h3-14H,15H2,1-2H3,(H,25,26). The molecular weight excluding hydrogens is 334 g/mol. The molecule has 1 N–H and O–H groups in total. The number of anilines is 2. The van der Waals surface area contributed by atoms with Crippen LogP contribution in [-0.2, 0) is 6.54 Å². The zero-order chi connectivity index (χ0) is 18.6. The van der Waals surface area contributed by atoms with Crippen LogP contribution in [0, 0.1) is 0 Å². The quantitative estimate of drug-likeness (QED) is 0.576. The molecule has 0 saturated heterocycles. The minimum Gasteiger partial charge on any atom is -0.378 e. The number of hydrogen-bond acceptors (Lipinski definition) is 5. The number of nitrogens with one attached hydrogen (secondary N) is 1. The molecule has 0 fully saturated rings. The van der Waals surface area contributed by atoms with Gasteiger partial charge >= 0.3 is 0 Å². The lowest BCUT2D eigenvalue weighted by atomic mass is 10.1. The molecule has 3 aromatic heterocycles. The molecule has 5 heteroatoms. The number of pyridine rings is 3. The van der Waals surface area contributed by atoms with Crippen LogP contribution in [0.3, 0.4) is 0 Å². The Kier molecular flexibility index (Phi) is 4.66. The third-order valence-electron chi connectivity index (χ3n) is 4.49. The molecule has 0 aliphatic carbocycles. The van der Waals surface area contributed by atoms with Crippen LogP contribution in [0.15, 0.2) is 73.2 Å². The summed E-state index contributed by atoms with van der Waals surface area (Å²) >= 11 is 0. The molecule has 4 rings (SSSR count). The fourth-order valence-corrected chi connectivity index (χ4v) is 2.97. The van der Waals surface area contributed by atoms with Crippen LogP contribution in [0.4, 0.5) is 11.5 Å². The van der Waals surface area contributed by atoms with Gasteiger partial charge in [-0.3, -0.25) is 9.97 Å². The summed E-state index contributed by atoms with van der Waals surface area (Å²) in [6.07, 6.45) is 5.41. The Balaban J connectivity index is 1.71. The molecule has 0 radical (unpaired) electrons. The molecule has 0 aliphatic heterocycles. The number of benzene rings is 1. The summed E-state index contributed by atoms with van der Waals surface area (Å²) in [5, 5.41) is 4.47. The van der Waals surface area contributed by atoms with Crippen molar-refractivity contribution in [2.24, 2.45) is 0 Å². The van der Waals surface area contributed by atoms with Gasteiger partial charge in [0.2, 0.25) is 0 Å². The van der Waals surface area contributed by atoms with E-state index in [9.17, 15) is 0 Å².